The fourth-order valence-electron chi connectivity index (χ4n) is 2.39. The molecule has 1 amide bonds. The van der Waals surface area contributed by atoms with Gasteiger partial charge in [-0.05, 0) is 23.6 Å². The average Bonchev–Trinajstić information content (AvgIpc) is 3.21. The number of rotatable bonds is 5. The summed E-state index contributed by atoms with van der Waals surface area (Å²) in [5.74, 6) is 0.118. The van der Waals surface area contributed by atoms with Crippen molar-refractivity contribution in [2.24, 2.45) is 14.1 Å². The second-order valence-corrected chi connectivity index (χ2v) is 6.41. The topological polar surface area (TPSA) is 90.9 Å². The molecule has 0 atom stereocenters. The third-order valence-corrected chi connectivity index (χ3v) is 4.63. The van der Waals surface area contributed by atoms with Crippen molar-refractivity contribution in [3.05, 3.63) is 62.2 Å². The van der Waals surface area contributed by atoms with Crippen molar-refractivity contribution >= 4 is 17.2 Å². The molecule has 0 aromatic carbocycles. The van der Waals surface area contributed by atoms with E-state index < -0.39 is 5.91 Å². The van der Waals surface area contributed by atoms with Crippen LogP contribution in [0.25, 0.3) is 10.7 Å². The van der Waals surface area contributed by atoms with E-state index in [-0.39, 0.29) is 29.9 Å². The molecule has 0 aliphatic heterocycles. The molecule has 0 unspecified atom stereocenters. The van der Waals surface area contributed by atoms with Crippen LogP contribution in [0.5, 0.6) is 0 Å². The molecule has 3 rings (SSSR count). The quantitative estimate of drug-likeness (QED) is 0.716. The molecule has 8 nitrogen and oxygen atoms in total. The number of aryl methyl sites for hydroxylation is 1. The van der Waals surface area contributed by atoms with Gasteiger partial charge in [-0.25, -0.2) is 9.48 Å². The van der Waals surface area contributed by atoms with Crippen molar-refractivity contribution in [3.8, 4) is 10.7 Å². The monoisotopic (exact) mass is 359 g/mol. The Hall–Kier alpha value is -2.94. The largest absolute Gasteiger partial charge is 0.350 e. The van der Waals surface area contributed by atoms with E-state index in [1.807, 2.05) is 17.5 Å². The fraction of sp³-hybridized carbons (Fsp3) is 0.250. The zero-order valence-corrected chi connectivity index (χ0v) is 14.6. The highest BCUT2D eigenvalue weighted by atomic mass is 32.1. The van der Waals surface area contributed by atoms with Gasteiger partial charge in [0.1, 0.15) is 5.56 Å². The lowest BCUT2D eigenvalue weighted by Gasteiger charge is -2.05. The van der Waals surface area contributed by atoms with Gasteiger partial charge in [-0.15, -0.1) is 16.4 Å². The van der Waals surface area contributed by atoms with Gasteiger partial charge in [0.15, 0.2) is 5.82 Å². The third kappa shape index (κ3) is 3.31. The van der Waals surface area contributed by atoms with E-state index in [1.54, 1.807) is 26.4 Å². The fourth-order valence-corrected chi connectivity index (χ4v) is 3.14. The maximum absolute atomic E-state index is 12.2. The van der Waals surface area contributed by atoms with E-state index in [9.17, 15) is 14.4 Å². The Bertz CT molecular complexity index is 1010. The zero-order valence-electron chi connectivity index (χ0n) is 13.8. The van der Waals surface area contributed by atoms with Crippen molar-refractivity contribution in [1.29, 1.82) is 0 Å². The van der Waals surface area contributed by atoms with Crippen LogP contribution in [0.4, 0.5) is 0 Å². The van der Waals surface area contributed by atoms with E-state index in [1.165, 1.54) is 31.2 Å². The minimum Gasteiger partial charge on any atom is -0.350 e. The maximum atomic E-state index is 12.2. The number of hydrogen-bond acceptors (Lipinski definition) is 5. The Balaban J connectivity index is 1.70. The van der Waals surface area contributed by atoms with Crippen molar-refractivity contribution in [2.45, 2.75) is 6.54 Å². The third-order valence-electron chi connectivity index (χ3n) is 3.76. The minimum atomic E-state index is -0.469. The van der Waals surface area contributed by atoms with Crippen LogP contribution in [0.2, 0.25) is 0 Å². The van der Waals surface area contributed by atoms with Gasteiger partial charge in [0.25, 0.3) is 11.5 Å². The van der Waals surface area contributed by atoms with Gasteiger partial charge in [-0.1, -0.05) is 6.07 Å². The van der Waals surface area contributed by atoms with E-state index in [4.69, 9.17) is 0 Å². The highest BCUT2D eigenvalue weighted by Crippen LogP contribution is 2.20. The summed E-state index contributed by atoms with van der Waals surface area (Å²) in [6.07, 6.45) is 1.58. The van der Waals surface area contributed by atoms with Crippen LogP contribution in [0.1, 0.15) is 10.4 Å². The van der Waals surface area contributed by atoms with Crippen molar-refractivity contribution in [2.75, 3.05) is 6.54 Å². The Morgan fingerprint density at radius 3 is 2.76 bits per heavy atom. The molecule has 0 spiro atoms. The number of nitrogens with zero attached hydrogens (tertiary/aromatic N) is 4. The number of aromatic nitrogens is 4. The molecule has 0 bridgehead atoms. The maximum Gasteiger partial charge on any atom is 0.346 e. The smallest absolute Gasteiger partial charge is 0.346 e. The van der Waals surface area contributed by atoms with E-state index in [0.717, 1.165) is 4.88 Å². The van der Waals surface area contributed by atoms with Crippen LogP contribution < -0.4 is 16.6 Å². The van der Waals surface area contributed by atoms with Crippen LogP contribution in [-0.4, -0.2) is 31.4 Å². The molecule has 0 aliphatic rings. The van der Waals surface area contributed by atoms with Gasteiger partial charge in [0, 0.05) is 26.8 Å². The molecule has 0 saturated carbocycles. The Labute approximate surface area is 147 Å². The molecule has 0 aliphatic carbocycles. The average molecular weight is 359 g/mol. The van der Waals surface area contributed by atoms with Crippen molar-refractivity contribution in [3.63, 3.8) is 0 Å². The minimum absolute atomic E-state index is 0.0673. The molecule has 1 N–H and O–H groups in total. The normalized spacial score (nSPS) is 10.8. The summed E-state index contributed by atoms with van der Waals surface area (Å²) in [7, 11) is 3.24. The summed E-state index contributed by atoms with van der Waals surface area (Å²) in [6, 6.07) is 6.89. The summed E-state index contributed by atoms with van der Waals surface area (Å²) in [5, 5.41) is 8.88. The number of nitrogens with one attached hydrogen (secondary N) is 1. The molecule has 0 radical (unpaired) electrons. The number of amides is 1. The lowest BCUT2D eigenvalue weighted by Crippen LogP contribution is -2.35. The molecular weight excluding hydrogens is 342 g/mol. The molecule has 0 saturated heterocycles. The molecule has 25 heavy (non-hydrogen) atoms. The van der Waals surface area contributed by atoms with Crippen LogP contribution in [-0.2, 0) is 20.6 Å². The number of pyridine rings is 1. The van der Waals surface area contributed by atoms with E-state index >= 15 is 0 Å². The van der Waals surface area contributed by atoms with E-state index in [2.05, 4.69) is 10.4 Å². The van der Waals surface area contributed by atoms with Crippen molar-refractivity contribution in [1.82, 2.24) is 24.2 Å². The lowest BCUT2D eigenvalue weighted by molar-refractivity contribution is 0.0949. The number of thiophene rings is 1. The summed E-state index contributed by atoms with van der Waals surface area (Å²) in [6.45, 7) is 0.411. The number of carbonyl (C=O) groups excluding carboxylic acids is 1. The number of hydrogen-bond donors (Lipinski definition) is 1. The van der Waals surface area contributed by atoms with Gasteiger partial charge in [-0.3, -0.25) is 14.2 Å². The zero-order chi connectivity index (χ0) is 18.0. The standard InChI is InChI=1S/C16H17N5O3S/c1-19-8-3-5-11(15(19)23)14(22)17-7-9-21-16(24)20(2)13(18-21)12-6-4-10-25-12/h3-6,8,10H,7,9H2,1-2H3,(H,17,22). The molecular formula is C16H17N5O3S. The Kier molecular flexibility index (Phi) is 4.66. The van der Waals surface area contributed by atoms with Crippen LogP contribution >= 0.6 is 11.3 Å². The first-order valence-electron chi connectivity index (χ1n) is 7.60. The molecule has 3 heterocycles. The number of carbonyl (C=O) groups is 1. The highest BCUT2D eigenvalue weighted by molar-refractivity contribution is 7.13. The first kappa shape index (κ1) is 16.9. The summed E-state index contributed by atoms with van der Waals surface area (Å²) in [4.78, 5) is 37.2. The Morgan fingerprint density at radius 1 is 1.24 bits per heavy atom. The van der Waals surface area contributed by atoms with Crippen LogP contribution in [0.15, 0.2) is 45.4 Å². The van der Waals surface area contributed by atoms with Crippen molar-refractivity contribution < 1.29 is 4.79 Å². The second kappa shape index (κ2) is 6.89. The van der Waals surface area contributed by atoms with Gasteiger partial charge in [0.2, 0.25) is 0 Å². The summed E-state index contributed by atoms with van der Waals surface area (Å²) >= 11 is 1.50. The molecule has 3 aromatic rings. The molecule has 9 heteroatoms. The van der Waals surface area contributed by atoms with Crippen LogP contribution in [0, 0.1) is 0 Å². The first-order valence-corrected chi connectivity index (χ1v) is 8.48. The molecule has 130 valence electrons. The summed E-state index contributed by atoms with van der Waals surface area (Å²) in [5.41, 5.74) is -0.555. The molecule has 0 fully saturated rings. The highest BCUT2D eigenvalue weighted by Gasteiger charge is 2.14. The summed E-state index contributed by atoms with van der Waals surface area (Å²) < 4.78 is 4.12. The second-order valence-electron chi connectivity index (χ2n) is 5.46. The van der Waals surface area contributed by atoms with Gasteiger partial charge < -0.3 is 9.88 Å². The Morgan fingerprint density at radius 2 is 2.04 bits per heavy atom. The first-order chi connectivity index (χ1) is 12.0. The van der Waals surface area contributed by atoms with E-state index in [0.29, 0.717) is 5.82 Å². The lowest BCUT2D eigenvalue weighted by atomic mass is 10.2. The SMILES string of the molecule is Cn1cccc(C(=O)NCCn2nc(-c3cccs3)n(C)c2=O)c1=O. The predicted molar refractivity (Wildman–Crippen MR) is 94.8 cm³/mol. The van der Waals surface area contributed by atoms with Crippen LogP contribution in [0.3, 0.4) is 0 Å². The van der Waals surface area contributed by atoms with Gasteiger partial charge in [-0.2, -0.15) is 0 Å². The molecule has 3 aromatic heterocycles. The van der Waals surface area contributed by atoms with Gasteiger partial charge in [0.05, 0.1) is 11.4 Å². The predicted octanol–water partition coefficient (Wildman–Crippen LogP) is 0.439. The van der Waals surface area contributed by atoms with Gasteiger partial charge >= 0.3 is 5.69 Å².